The minimum absolute atomic E-state index is 0.732. The van der Waals surface area contributed by atoms with Crippen LogP contribution in [0, 0.1) is 0 Å². The number of hydrogen-bond donors (Lipinski definition) is 1. The van der Waals surface area contributed by atoms with Crippen molar-refractivity contribution >= 4 is 17.4 Å². The van der Waals surface area contributed by atoms with Crippen molar-refractivity contribution < 1.29 is 0 Å². The van der Waals surface area contributed by atoms with Crippen LogP contribution in [0.25, 0.3) is 11.4 Å². The van der Waals surface area contributed by atoms with Crippen LogP contribution in [0.2, 0.25) is 5.02 Å². The molecule has 4 nitrogen and oxygen atoms in total. The van der Waals surface area contributed by atoms with E-state index >= 15 is 0 Å². The topological polar surface area (TPSA) is 41.0 Å². The molecule has 1 aromatic carbocycles. The molecule has 3 rings (SSSR count). The van der Waals surface area contributed by atoms with Crippen LogP contribution in [0.5, 0.6) is 0 Å². The predicted molar refractivity (Wildman–Crippen MR) is 91.6 cm³/mol. The van der Waals surface area contributed by atoms with E-state index in [9.17, 15) is 0 Å². The molecule has 22 heavy (non-hydrogen) atoms. The van der Waals surface area contributed by atoms with Gasteiger partial charge in [0.15, 0.2) is 5.82 Å². The molecular formula is C17H21ClN4. The standard InChI is InChI=1S/C17H21ClN4/c1-2-3-15-12-16(22-10-8-19-9-11-22)21-17(20-15)13-4-6-14(18)7-5-13/h4-7,12,19H,2-3,8-11H2,1H3. The summed E-state index contributed by atoms with van der Waals surface area (Å²) in [6, 6.07) is 9.87. The number of aromatic nitrogens is 2. The number of piperazine rings is 1. The van der Waals surface area contributed by atoms with Crippen LogP contribution in [0.4, 0.5) is 5.82 Å². The van der Waals surface area contributed by atoms with Gasteiger partial charge in [0.25, 0.3) is 0 Å². The smallest absolute Gasteiger partial charge is 0.161 e. The van der Waals surface area contributed by atoms with E-state index in [-0.39, 0.29) is 0 Å². The van der Waals surface area contributed by atoms with Gasteiger partial charge >= 0.3 is 0 Å². The van der Waals surface area contributed by atoms with E-state index in [0.717, 1.165) is 66.9 Å². The van der Waals surface area contributed by atoms with Crippen molar-refractivity contribution in [2.75, 3.05) is 31.1 Å². The highest BCUT2D eigenvalue weighted by Crippen LogP contribution is 2.22. The number of aryl methyl sites for hydroxylation is 1. The van der Waals surface area contributed by atoms with Crippen molar-refractivity contribution in [3.8, 4) is 11.4 Å². The molecule has 2 heterocycles. The Labute approximate surface area is 136 Å². The summed E-state index contributed by atoms with van der Waals surface area (Å²) in [5, 5.41) is 4.11. The lowest BCUT2D eigenvalue weighted by molar-refractivity contribution is 0.584. The first-order valence-corrected chi connectivity index (χ1v) is 8.23. The summed E-state index contributed by atoms with van der Waals surface area (Å²) >= 11 is 5.98. The first-order valence-electron chi connectivity index (χ1n) is 7.86. The number of rotatable bonds is 4. The Morgan fingerprint density at radius 2 is 1.86 bits per heavy atom. The molecule has 5 heteroatoms. The van der Waals surface area contributed by atoms with Crippen LogP contribution in [0.15, 0.2) is 30.3 Å². The molecule has 1 aliphatic heterocycles. The van der Waals surface area contributed by atoms with Crippen molar-refractivity contribution in [3.63, 3.8) is 0 Å². The van der Waals surface area contributed by atoms with E-state index in [1.54, 1.807) is 0 Å². The van der Waals surface area contributed by atoms with E-state index in [2.05, 4.69) is 23.2 Å². The molecule has 0 unspecified atom stereocenters. The van der Waals surface area contributed by atoms with Gasteiger partial charge in [-0.25, -0.2) is 9.97 Å². The largest absolute Gasteiger partial charge is 0.354 e. The van der Waals surface area contributed by atoms with E-state index in [1.807, 2.05) is 24.3 Å². The molecule has 1 aromatic heterocycles. The van der Waals surface area contributed by atoms with Crippen LogP contribution < -0.4 is 10.2 Å². The average Bonchev–Trinajstić information content (AvgIpc) is 2.56. The van der Waals surface area contributed by atoms with Crippen molar-refractivity contribution in [2.45, 2.75) is 19.8 Å². The van der Waals surface area contributed by atoms with Gasteiger partial charge in [0.1, 0.15) is 5.82 Å². The Morgan fingerprint density at radius 3 is 2.55 bits per heavy atom. The van der Waals surface area contributed by atoms with Gasteiger partial charge in [0, 0.05) is 48.5 Å². The second-order valence-electron chi connectivity index (χ2n) is 5.54. The first-order chi connectivity index (χ1) is 10.8. The molecule has 0 bridgehead atoms. The van der Waals surface area contributed by atoms with Crippen molar-refractivity contribution in [2.24, 2.45) is 0 Å². The van der Waals surface area contributed by atoms with Gasteiger partial charge in [0.05, 0.1) is 0 Å². The SMILES string of the molecule is CCCc1cc(N2CCNCC2)nc(-c2ccc(Cl)cc2)n1. The van der Waals surface area contributed by atoms with Crippen LogP contribution in [-0.4, -0.2) is 36.1 Å². The lowest BCUT2D eigenvalue weighted by atomic mass is 10.2. The monoisotopic (exact) mass is 316 g/mol. The van der Waals surface area contributed by atoms with Gasteiger partial charge in [-0.3, -0.25) is 0 Å². The quantitative estimate of drug-likeness (QED) is 0.940. The molecule has 116 valence electrons. The van der Waals surface area contributed by atoms with E-state index in [1.165, 1.54) is 0 Å². The molecule has 0 amide bonds. The molecule has 1 saturated heterocycles. The van der Waals surface area contributed by atoms with Gasteiger partial charge < -0.3 is 10.2 Å². The van der Waals surface area contributed by atoms with Crippen LogP contribution >= 0.6 is 11.6 Å². The summed E-state index contributed by atoms with van der Waals surface area (Å²) in [6.45, 7) is 6.16. The minimum Gasteiger partial charge on any atom is -0.354 e. The normalized spacial score (nSPS) is 15.1. The van der Waals surface area contributed by atoms with E-state index in [4.69, 9.17) is 21.6 Å². The molecule has 0 spiro atoms. The third-order valence-electron chi connectivity index (χ3n) is 3.82. The lowest BCUT2D eigenvalue weighted by Crippen LogP contribution is -2.44. The summed E-state index contributed by atoms with van der Waals surface area (Å²) in [7, 11) is 0. The fourth-order valence-corrected chi connectivity index (χ4v) is 2.78. The van der Waals surface area contributed by atoms with Crippen molar-refractivity contribution in [1.29, 1.82) is 0 Å². The van der Waals surface area contributed by atoms with Gasteiger partial charge in [-0.1, -0.05) is 24.9 Å². The Balaban J connectivity index is 1.97. The second-order valence-corrected chi connectivity index (χ2v) is 5.97. The van der Waals surface area contributed by atoms with Crippen molar-refractivity contribution in [3.05, 3.63) is 41.0 Å². The highest BCUT2D eigenvalue weighted by Gasteiger charge is 2.15. The maximum Gasteiger partial charge on any atom is 0.161 e. The average molecular weight is 317 g/mol. The van der Waals surface area contributed by atoms with Crippen molar-refractivity contribution in [1.82, 2.24) is 15.3 Å². The fraction of sp³-hybridized carbons (Fsp3) is 0.412. The summed E-state index contributed by atoms with van der Waals surface area (Å²) in [5.41, 5.74) is 2.12. The zero-order chi connectivity index (χ0) is 15.4. The maximum absolute atomic E-state index is 5.98. The maximum atomic E-state index is 5.98. The number of anilines is 1. The molecule has 0 saturated carbocycles. The molecule has 0 aliphatic carbocycles. The fourth-order valence-electron chi connectivity index (χ4n) is 2.65. The summed E-state index contributed by atoms with van der Waals surface area (Å²) in [5.74, 6) is 1.82. The van der Waals surface area contributed by atoms with E-state index in [0.29, 0.717) is 0 Å². The molecule has 1 N–H and O–H groups in total. The third-order valence-corrected chi connectivity index (χ3v) is 4.07. The number of nitrogens with zero attached hydrogens (tertiary/aromatic N) is 3. The summed E-state index contributed by atoms with van der Waals surface area (Å²) < 4.78 is 0. The van der Waals surface area contributed by atoms with Crippen LogP contribution in [0.1, 0.15) is 19.0 Å². The molecule has 0 atom stereocenters. The lowest BCUT2D eigenvalue weighted by Gasteiger charge is -2.28. The van der Waals surface area contributed by atoms with Gasteiger partial charge in [0.2, 0.25) is 0 Å². The summed E-state index contributed by atoms with van der Waals surface area (Å²) in [4.78, 5) is 11.8. The van der Waals surface area contributed by atoms with Gasteiger partial charge in [-0.2, -0.15) is 0 Å². The van der Waals surface area contributed by atoms with Gasteiger partial charge in [-0.05, 0) is 30.7 Å². The number of hydrogen-bond acceptors (Lipinski definition) is 4. The minimum atomic E-state index is 0.732. The summed E-state index contributed by atoms with van der Waals surface area (Å²) in [6.07, 6.45) is 2.06. The molecule has 1 fully saturated rings. The zero-order valence-electron chi connectivity index (χ0n) is 12.8. The van der Waals surface area contributed by atoms with Crippen LogP contribution in [0.3, 0.4) is 0 Å². The Bertz CT molecular complexity index is 621. The molecule has 2 aromatic rings. The highest BCUT2D eigenvalue weighted by atomic mass is 35.5. The second kappa shape index (κ2) is 7.07. The number of nitrogens with one attached hydrogen (secondary N) is 1. The first kappa shape index (κ1) is 15.3. The number of halogens is 1. The molecule has 0 radical (unpaired) electrons. The molecular weight excluding hydrogens is 296 g/mol. The van der Waals surface area contributed by atoms with E-state index < -0.39 is 0 Å². The van der Waals surface area contributed by atoms with Gasteiger partial charge in [-0.15, -0.1) is 0 Å². The Morgan fingerprint density at radius 1 is 1.14 bits per heavy atom. The third kappa shape index (κ3) is 3.57. The number of benzene rings is 1. The Kier molecular flexibility index (Phi) is 4.90. The zero-order valence-corrected chi connectivity index (χ0v) is 13.6. The molecule has 1 aliphatic rings. The Hall–Kier alpha value is -1.65. The predicted octanol–water partition coefficient (Wildman–Crippen LogP) is 3.16. The highest BCUT2D eigenvalue weighted by molar-refractivity contribution is 6.30. The van der Waals surface area contributed by atoms with Crippen LogP contribution in [-0.2, 0) is 6.42 Å².